The van der Waals surface area contributed by atoms with Crippen molar-refractivity contribution >= 4 is 17.5 Å². The molecule has 3 N–H and O–H groups in total. The van der Waals surface area contributed by atoms with Crippen LogP contribution in [-0.2, 0) is 22.4 Å². The first kappa shape index (κ1) is 28.9. The summed E-state index contributed by atoms with van der Waals surface area (Å²) in [5, 5.41) is 18.4. The topological polar surface area (TPSA) is 111 Å². The maximum atomic E-state index is 12.7. The number of carbonyl (C=O) groups excluding carboxylic acids is 1. The number of halogens is 1. The Labute approximate surface area is 240 Å². The molecule has 0 saturated heterocycles. The number of benzene rings is 1. The van der Waals surface area contributed by atoms with Gasteiger partial charge in [0.15, 0.2) is 22.4 Å². The Balaban J connectivity index is 1.33. The van der Waals surface area contributed by atoms with Crippen LogP contribution in [0.15, 0.2) is 24.3 Å². The minimum Gasteiger partial charge on any atom is -0.484 e. The summed E-state index contributed by atoms with van der Waals surface area (Å²) in [4.78, 5) is 17.3. The van der Waals surface area contributed by atoms with Crippen LogP contribution in [0.2, 0.25) is 5.15 Å². The third-order valence-electron chi connectivity index (χ3n) is 7.98. The molecule has 1 aromatic carbocycles. The summed E-state index contributed by atoms with van der Waals surface area (Å²) in [5.74, 6) is 2.28. The molecule has 3 atom stereocenters. The van der Waals surface area contributed by atoms with Gasteiger partial charge in [0.1, 0.15) is 5.60 Å². The first-order valence-corrected chi connectivity index (χ1v) is 14.6. The van der Waals surface area contributed by atoms with E-state index in [0.717, 1.165) is 48.9 Å². The van der Waals surface area contributed by atoms with Crippen LogP contribution < -0.4 is 24.8 Å². The fourth-order valence-corrected chi connectivity index (χ4v) is 6.00. The highest BCUT2D eigenvalue weighted by molar-refractivity contribution is 6.31. The molecule has 9 nitrogen and oxygen atoms in total. The molecule has 0 bridgehead atoms. The second-order valence-corrected chi connectivity index (χ2v) is 12.0. The highest BCUT2D eigenvalue weighted by Crippen LogP contribution is 2.50. The third-order valence-corrected chi connectivity index (χ3v) is 8.23. The minimum atomic E-state index is -0.854. The molecule has 3 aliphatic rings. The first-order chi connectivity index (χ1) is 19.2. The van der Waals surface area contributed by atoms with Crippen LogP contribution in [0.5, 0.6) is 17.2 Å². The van der Waals surface area contributed by atoms with Crippen molar-refractivity contribution in [3.63, 3.8) is 0 Å². The number of nitrogens with zero attached hydrogens (tertiary/aromatic N) is 1. The lowest BCUT2D eigenvalue weighted by Gasteiger charge is -2.48. The molecule has 10 heteroatoms. The van der Waals surface area contributed by atoms with E-state index < -0.39 is 12.1 Å². The molecule has 40 heavy (non-hydrogen) atoms. The number of fused-ring (bicyclic) bond motifs is 2. The summed E-state index contributed by atoms with van der Waals surface area (Å²) < 4.78 is 22.5. The van der Waals surface area contributed by atoms with Gasteiger partial charge in [0.05, 0.1) is 18.8 Å². The van der Waals surface area contributed by atoms with Gasteiger partial charge in [-0.25, -0.2) is 4.98 Å². The normalized spacial score (nSPS) is 20.0. The molecule has 218 valence electrons. The molecule has 0 radical (unpaired) electrons. The Morgan fingerprint density at radius 1 is 1.23 bits per heavy atom. The number of rotatable bonds is 12. The number of hydrogen-bond acceptors (Lipinski definition) is 8. The van der Waals surface area contributed by atoms with Gasteiger partial charge >= 0.3 is 0 Å². The summed E-state index contributed by atoms with van der Waals surface area (Å²) >= 11 is 6.66. The number of aliphatic hydroxyl groups is 1. The highest BCUT2D eigenvalue weighted by Gasteiger charge is 2.46. The van der Waals surface area contributed by atoms with Gasteiger partial charge in [-0.05, 0) is 61.8 Å². The molecule has 5 rings (SSSR count). The van der Waals surface area contributed by atoms with Crippen molar-refractivity contribution in [1.29, 1.82) is 0 Å². The van der Waals surface area contributed by atoms with Gasteiger partial charge in [-0.3, -0.25) is 4.79 Å². The number of aliphatic hydroxyl groups excluding tert-OH is 1. The van der Waals surface area contributed by atoms with Crippen LogP contribution >= 0.6 is 11.6 Å². The largest absolute Gasteiger partial charge is 0.484 e. The maximum Gasteiger partial charge on any atom is 0.231 e. The molecule has 3 heterocycles. The van der Waals surface area contributed by atoms with E-state index in [2.05, 4.69) is 35.5 Å². The smallest absolute Gasteiger partial charge is 0.231 e. The predicted molar refractivity (Wildman–Crippen MR) is 151 cm³/mol. The van der Waals surface area contributed by atoms with Gasteiger partial charge in [0, 0.05) is 43.8 Å². The Morgan fingerprint density at radius 3 is 2.75 bits per heavy atom. The fraction of sp³-hybridized carbons (Fsp3) is 0.600. The highest BCUT2D eigenvalue weighted by atomic mass is 35.5. The van der Waals surface area contributed by atoms with Gasteiger partial charge in [0.2, 0.25) is 12.7 Å². The van der Waals surface area contributed by atoms with E-state index in [1.54, 1.807) is 7.11 Å². The van der Waals surface area contributed by atoms with Gasteiger partial charge < -0.3 is 34.7 Å². The number of amides is 1. The monoisotopic (exact) mass is 573 g/mol. The van der Waals surface area contributed by atoms with Crippen LogP contribution in [0.1, 0.15) is 68.8 Å². The molecule has 0 unspecified atom stereocenters. The van der Waals surface area contributed by atoms with Crippen molar-refractivity contribution in [2.24, 2.45) is 5.92 Å². The fourth-order valence-electron chi connectivity index (χ4n) is 5.74. The second kappa shape index (κ2) is 12.5. The predicted octanol–water partition coefficient (Wildman–Crippen LogP) is 4.12. The number of methoxy groups -OCH3 is 1. The molecular formula is C30H40ClN3O6. The van der Waals surface area contributed by atoms with Crippen molar-refractivity contribution in [3.8, 4) is 17.2 Å². The summed E-state index contributed by atoms with van der Waals surface area (Å²) in [7, 11) is 1.56. The Bertz CT molecular complexity index is 1200. The van der Waals surface area contributed by atoms with Crippen LogP contribution in [0.25, 0.3) is 0 Å². The van der Waals surface area contributed by atoms with E-state index in [-0.39, 0.29) is 37.3 Å². The van der Waals surface area contributed by atoms with E-state index in [4.69, 9.17) is 30.5 Å². The Morgan fingerprint density at radius 2 is 2.02 bits per heavy atom. The molecule has 1 amide bonds. The maximum absolute atomic E-state index is 12.7. The molecular weight excluding hydrogens is 534 g/mol. The molecule has 1 aromatic heterocycles. The van der Waals surface area contributed by atoms with Crippen molar-refractivity contribution < 1.29 is 28.8 Å². The van der Waals surface area contributed by atoms with E-state index in [1.807, 2.05) is 18.2 Å². The molecule has 1 saturated carbocycles. The van der Waals surface area contributed by atoms with Crippen LogP contribution in [0.3, 0.4) is 0 Å². The minimum absolute atomic E-state index is 0.0551. The van der Waals surface area contributed by atoms with Gasteiger partial charge in [-0.1, -0.05) is 31.5 Å². The van der Waals surface area contributed by atoms with E-state index in [9.17, 15) is 9.90 Å². The molecule has 2 aliphatic heterocycles. The van der Waals surface area contributed by atoms with Gasteiger partial charge in [-0.2, -0.15) is 0 Å². The quantitative estimate of drug-likeness (QED) is 0.325. The standard InChI is InChI=1S/C30H40ClN3O6/c1-18(2)11-20-14-21-23(15-30(8-4-9-30)40-28(21)29(31)33-20)32-16-24(35)22(34-27(36)7-10-37-3)12-19-5-6-25-26(13-19)39-17-38-25/h5-6,13-14,18,22-24,32,35H,4,7-12,15-17H2,1-3H3,(H,34,36)/t22-,23-,24+/m0/s1. The van der Waals surface area contributed by atoms with Crippen LogP contribution in [0.4, 0.5) is 0 Å². The lowest BCUT2D eigenvalue weighted by atomic mass is 9.73. The number of ether oxygens (including phenoxy) is 4. The summed E-state index contributed by atoms with van der Waals surface area (Å²) in [5.41, 5.74) is 2.60. The van der Waals surface area contributed by atoms with E-state index >= 15 is 0 Å². The Hall–Kier alpha value is -2.59. The van der Waals surface area contributed by atoms with Crippen molar-refractivity contribution in [1.82, 2.24) is 15.6 Å². The van der Waals surface area contributed by atoms with Gasteiger partial charge in [0.25, 0.3) is 0 Å². The Kier molecular flexibility index (Phi) is 9.05. The summed E-state index contributed by atoms with van der Waals surface area (Å²) in [6, 6.07) is 7.20. The SMILES string of the molecule is COCCC(=O)N[C@@H](Cc1ccc2c(c1)OCO2)[C@H](O)CN[C@H]1CC2(CCC2)Oc2c1cc(CC(C)C)nc2Cl. The number of hydrogen-bond donors (Lipinski definition) is 3. The second-order valence-electron chi connectivity index (χ2n) is 11.6. The summed E-state index contributed by atoms with van der Waals surface area (Å²) in [6.45, 7) is 5.09. The lowest BCUT2D eigenvalue weighted by Crippen LogP contribution is -2.52. The average Bonchev–Trinajstić information content (AvgIpc) is 3.37. The molecule has 1 aliphatic carbocycles. The average molecular weight is 574 g/mol. The van der Waals surface area contributed by atoms with E-state index in [0.29, 0.717) is 41.3 Å². The van der Waals surface area contributed by atoms with Crippen LogP contribution in [-0.4, -0.2) is 60.8 Å². The molecule has 1 fully saturated rings. The third kappa shape index (κ3) is 6.65. The zero-order valence-corrected chi connectivity index (χ0v) is 24.3. The van der Waals surface area contributed by atoms with Crippen LogP contribution in [0, 0.1) is 5.92 Å². The van der Waals surface area contributed by atoms with Crippen molar-refractivity contribution in [2.75, 3.05) is 27.1 Å². The number of carbonyl (C=O) groups is 1. The number of nitrogens with one attached hydrogen (secondary N) is 2. The van der Waals surface area contributed by atoms with E-state index in [1.165, 1.54) is 0 Å². The molecule has 1 spiro atoms. The molecule has 2 aromatic rings. The zero-order valence-electron chi connectivity index (χ0n) is 23.5. The van der Waals surface area contributed by atoms with Crippen molar-refractivity contribution in [3.05, 3.63) is 46.2 Å². The zero-order chi connectivity index (χ0) is 28.3. The summed E-state index contributed by atoms with van der Waals surface area (Å²) in [6.07, 6.45) is 4.47. The first-order valence-electron chi connectivity index (χ1n) is 14.2. The number of pyridine rings is 1. The lowest BCUT2D eigenvalue weighted by molar-refractivity contribution is -0.123. The van der Waals surface area contributed by atoms with Crippen molar-refractivity contribution in [2.45, 2.75) is 82.6 Å². The van der Waals surface area contributed by atoms with Gasteiger partial charge in [-0.15, -0.1) is 0 Å². The number of aromatic nitrogens is 1.